The third-order valence-corrected chi connectivity index (χ3v) is 5.73. The van der Waals surface area contributed by atoms with E-state index < -0.39 is 33.2 Å². The Bertz CT molecular complexity index is 1330. The molecular weight excluding hydrogens is 494 g/mol. The summed E-state index contributed by atoms with van der Waals surface area (Å²) in [6, 6.07) is 7.13. The van der Waals surface area contributed by atoms with Crippen LogP contribution in [0.15, 0.2) is 53.5 Å². The first-order valence-electron chi connectivity index (χ1n) is 10.4. The van der Waals surface area contributed by atoms with Crippen LogP contribution in [0, 0.1) is 5.82 Å². The zero-order chi connectivity index (χ0) is 25.8. The van der Waals surface area contributed by atoms with Gasteiger partial charge in [-0.05, 0) is 50.1 Å². The highest BCUT2D eigenvalue weighted by Crippen LogP contribution is 2.41. The second-order valence-corrected chi connectivity index (χ2v) is 8.76. The fourth-order valence-electron chi connectivity index (χ4n) is 3.18. The zero-order valence-electron chi connectivity index (χ0n) is 18.4. The smallest absolute Gasteiger partial charge is 0.462 e. The van der Waals surface area contributed by atoms with Crippen molar-refractivity contribution in [3.63, 3.8) is 0 Å². The molecule has 35 heavy (non-hydrogen) atoms. The predicted molar refractivity (Wildman–Crippen MR) is 121 cm³/mol. The molecule has 0 saturated heterocycles. The van der Waals surface area contributed by atoms with E-state index in [0.717, 1.165) is 18.2 Å². The van der Waals surface area contributed by atoms with E-state index in [-0.39, 0.29) is 46.7 Å². The third-order valence-electron chi connectivity index (χ3n) is 4.76. The van der Waals surface area contributed by atoms with Crippen LogP contribution in [0.1, 0.15) is 30.1 Å². The summed E-state index contributed by atoms with van der Waals surface area (Å²) in [5, 5.41) is 2.76. The molecule has 0 atom stereocenters. The van der Waals surface area contributed by atoms with Gasteiger partial charge in [0.1, 0.15) is 22.7 Å². The van der Waals surface area contributed by atoms with Crippen LogP contribution in [0.4, 0.5) is 23.2 Å². The fourth-order valence-corrected chi connectivity index (χ4v) is 3.64. The molecule has 0 aliphatic heterocycles. The van der Waals surface area contributed by atoms with Crippen molar-refractivity contribution in [1.82, 2.24) is 0 Å². The number of anilines is 1. The molecular formula is C23H21F4NO6S. The molecule has 1 aromatic heterocycles. The SMILES string of the molecule is C=CCCCNc1cc2oc(-c3ccc(F)cc3)c(C(=O)OCC)c2cc1OS(=O)(=O)C(F)(F)F. The average Bonchev–Trinajstić information content (AvgIpc) is 3.14. The molecule has 12 heteroatoms. The summed E-state index contributed by atoms with van der Waals surface area (Å²) in [5.74, 6) is -2.14. The number of furan rings is 1. The zero-order valence-corrected chi connectivity index (χ0v) is 19.3. The highest BCUT2D eigenvalue weighted by Gasteiger charge is 2.49. The number of carbonyl (C=O) groups excluding carboxylic acids is 1. The minimum absolute atomic E-state index is 0.0247. The van der Waals surface area contributed by atoms with Crippen molar-refractivity contribution in [1.29, 1.82) is 0 Å². The van der Waals surface area contributed by atoms with Gasteiger partial charge in [-0.1, -0.05) is 6.08 Å². The van der Waals surface area contributed by atoms with E-state index in [0.29, 0.717) is 12.8 Å². The average molecular weight is 515 g/mol. The van der Waals surface area contributed by atoms with Gasteiger partial charge in [-0.15, -0.1) is 6.58 Å². The number of nitrogens with one attached hydrogen (secondary N) is 1. The van der Waals surface area contributed by atoms with Crippen LogP contribution in [0.2, 0.25) is 0 Å². The first-order valence-corrected chi connectivity index (χ1v) is 11.8. The van der Waals surface area contributed by atoms with Crippen LogP contribution in [-0.2, 0) is 14.9 Å². The molecule has 188 valence electrons. The Balaban J connectivity index is 2.22. The lowest BCUT2D eigenvalue weighted by molar-refractivity contribution is -0.0499. The monoisotopic (exact) mass is 515 g/mol. The van der Waals surface area contributed by atoms with E-state index in [1.165, 1.54) is 18.2 Å². The summed E-state index contributed by atoms with van der Waals surface area (Å²) in [7, 11) is -6.02. The maximum Gasteiger partial charge on any atom is 0.534 e. The lowest BCUT2D eigenvalue weighted by atomic mass is 10.0. The van der Waals surface area contributed by atoms with Gasteiger partial charge in [-0.2, -0.15) is 21.6 Å². The van der Waals surface area contributed by atoms with Crippen molar-refractivity contribution in [2.75, 3.05) is 18.5 Å². The minimum atomic E-state index is -6.02. The van der Waals surface area contributed by atoms with Crippen LogP contribution >= 0.6 is 0 Å². The normalized spacial score (nSPS) is 11.9. The van der Waals surface area contributed by atoms with E-state index in [9.17, 15) is 30.8 Å². The molecule has 1 N–H and O–H groups in total. The van der Waals surface area contributed by atoms with Gasteiger partial charge in [0.05, 0.1) is 12.3 Å². The van der Waals surface area contributed by atoms with Gasteiger partial charge < -0.3 is 18.7 Å². The van der Waals surface area contributed by atoms with E-state index >= 15 is 0 Å². The molecule has 0 spiro atoms. The van der Waals surface area contributed by atoms with Crippen LogP contribution in [0.5, 0.6) is 5.75 Å². The van der Waals surface area contributed by atoms with Crippen LogP contribution in [0.3, 0.4) is 0 Å². The number of carbonyl (C=O) groups is 1. The minimum Gasteiger partial charge on any atom is -0.462 e. The molecule has 0 bridgehead atoms. The molecule has 3 rings (SSSR count). The van der Waals surface area contributed by atoms with Crippen molar-refractivity contribution >= 4 is 32.7 Å². The molecule has 0 amide bonds. The van der Waals surface area contributed by atoms with Crippen molar-refractivity contribution in [2.45, 2.75) is 25.3 Å². The van der Waals surface area contributed by atoms with Crippen molar-refractivity contribution < 1.29 is 44.1 Å². The number of rotatable bonds is 10. The number of esters is 1. The summed E-state index contributed by atoms with van der Waals surface area (Å²) in [6.07, 6.45) is 2.78. The second-order valence-electron chi connectivity index (χ2n) is 7.22. The summed E-state index contributed by atoms with van der Waals surface area (Å²) in [5.41, 5.74) is -5.64. The Kier molecular flexibility index (Phi) is 7.73. The number of unbranched alkanes of at least 4 members (excludes halogenated alkanes) is 1. The molecule has 0 radical (unpaired) electrons. The van der Waals surface area contributed by atoms with Crippen molar-refractivity contribution in [3.8, 4) is 17.1 Å². The topological polar surface area (TPSA) is 94.8 Å². The fraction of sp³-hybridized carbons (Fsp3) is 0.261. The lowest BCUT2D eigenvalue weighted by Gasteiger charge is -2.14. The summed E-state index contributed by atoms with van der Waals surface area (Å²) in [6.45, 7) is 5.35. The lowest BCUT2D eigenvalue weighted by Crippen LogP contribution is -2.28. The largest absolute Gasteiger partial charge is 0.534 e. The van der Waals surface area contributed by atoms with Crippen LogP contribution in [0.25, 0.3) is 22.3 Å². The van der Waals surface area contributed by atoms with Crippen molar-refractivity contribution in [2.24, 2.45) is 0 Å². The summed E-state index contributed by atoms with van der Waals surface area (Å²) in [4.78, 5) is 12.7. The van der Waals surface area contributed by atoms with Gasteiger partial charge in [0, 0.05) is 23.6 Å². The first-order chi connectivity index (χ1) is 16.5. The Labute approximate surface area is 198 Å². The van der Waals surface area contributed by atoms with Gasteiger partial charge in [0.2, 0.25) is 0 Å². The maximum atomic E-state index is 13.4. The maximum absolute atomic E-state index is 13.4. The van der Waals surface area contributed by atoms with Gasteiger partial charge >= 0.3 is 21.6 Å². The molecule has 0 unspecified atom stereocenters. The summed E-state index contributed by atoms with van der Waals surface area (Å²) >= 11 is 0. The van der Waals surface area contributed by atoms with Gasteiger partial charge in [0.25, 0.3) is 0 Å². The number of fused-ring (bicyclic) bond motifs is 1. The quantitative estimate of drug-likeness (QED) is 0.0881. The molecule has 7 nitrogen and oxygen atoms in total. The molecule has 0 saturated carbocycles. The Hall–Kier alpha value is -3.54. The number of alkyl halides is 3. The first kappa shape index (κ1) is 26.1. The molecule has 2 aromatic carbocycles. The Morgan fingerprint density at radius 2 is 1.89 bits per heavy atom. The number of halogens is 4. The number of benzene rings is 2. The number of hydrogen-bond acceptors (Lipinski definition) is 7. The summed E-state index contributed by atoms with van der Waals surface area (Å²) < 4.78 is 91.2. The van der Waals surface area contributed by atoms with E-state index in [1.54, 1.807) is 13.0 Å². The molecule has 1 heterocycles. The Morgan fingerprint density at radius 3 is 2.49 bits per heavy atom. The van der Waals surface area contributed by atoms with Gasteiger partial charge in [-0.3, -0.25) is 0 Å². The predicted octanol–water partition coefficient (Wildman–Crippen LogP) is 6.02. The molecule has 3 aromatic rings. The number of ether oxygens (including phenoxy) is 1. The number of allylic oxidation sites excluding steroid dienone is 1. The van der Waals surface area contributed by atoms with E-state index in [4.69, 9.17) is 9.15 Å². The second kappa shape index (κ2) is 10.4. The molecule has 0 fully saturated rings. The highest BCUT2D eigenvalue weighted by molar-refractivity contribution is 7.88. The van der Waals surface area contributed by atoms with Crippen molar-refractivity contribution in [3.05, 3.63) is 60.4 Å². The highest BCUT2D eigenvalue weighted by atomic mass is 32.2. The van der Waals surface area contributed by atoms with E-state index in [2.05, 4.69) is 16.1 Å². The van der Waals surface area contributed by atoms with E-state index in [1.807, 2.05) is 0 Å². The number of hydrogen-bond donors (Lipinski definition) is 1. The van der Waals surface area contributed by atoms with Gasteiger partial charge in [0.15, 0.2) is 5.75 Å². The van der Waals surface area contributed by atoms with Crippen LogP contribution in [-0.4, -0.2) is 33.0 Å². The molecule has 0 aliphatic carbocycles. The third kappa shape index (κ3) is 5.76. The standard InChI is InChI=1S/C23H21F4NO6S/c1-3-5-6-11-28-17-13-18-16(12-19(17)34-35(30,31)23(25,26)27)20(22(29)32-4-2)21(33-18)14-7-9-15(24)10-8-14/h3,7-10,12-13,28H,1,4-6,11H2,2H3. The van der Waals surface area contributed by atoms with Crippen LogP contribution < -0.4 is 9.50 Å². The molecule has 0 aliphatic rings. The Morgan fingerprint density at radius 1 is 1.20 bits per heavy atom. The van der Waals surface area contributed by atoms with Gasteiger partial charge in [-0.25, -0.2) is 9.18 Å².